The molecule has 0 fully saturated rings. The molecule has 0 unspecified atom stereocenters. The van der Waals surface area contributed by atoms with Crippen molar-refractivity contribution in [3.8, 4) is 17.2 Å². The SMILES string of the molecule is CCN(CC)Cc1cccc(C(=O)Oc2ccc(Cl)cc2Cn2nc(-c3ccc(C(F)(F)F)cc3)oc2=O)c1. The third-order valence-electron chi connectivity index (χ3n) is 6.07. The fourth-order valence-corrected chi connectivity index (χ4v) is 4.11. The molecule has 1 heterocycles. The fourth-order valence-electron chi connectivity index (χ4n) is 3.92. The molecule has 0 N–H and O–H groups in total. The molecule has 3 aromatic carbocycles. The van der Waals surface area contributed by atoms with Crippen LogP contribution in [0.1, 0.15) is 40.9 Å². The summed E-state index contributed by atoms with van der Waals surface area (Å²) < 4.78 is 50.4. The molecule has 0 atom stereocenters. The summed E-state index contributed by atoms with van der Waals surface area (Å²) in [5, 5.41) is 4.44. The Bertz CT molecular complexity index is 1510. The lowest BCUT2D eigenvalue weighted by molar-refractivity contribution is -0.137. The zero-order chi connectivity index (χ0) is 28.2. The smallest absolute Gasteiger partial charge is 0.423 e. The lowest BCUT2D eigenvalue weighted by Gasteiger charge is -2.18. The number of ether oxygens (including phenoxy) is 1. The van der Waals surface area contributed by atoms with Gasteiger partial charge in [-0.15, -0.1) is 5.10 Å². The summed E-state index contributed by atoms with van der Waals surface area (Å²) in [6.07, 6.45) is -4.49. The van der Waals surface area contributed by atoms with Gasteiger partial charge in [-0.25, -0.2) is 9.59 Å². The molecule has 4 rings (SSSR count). The average molecular weight is 560 g/mol. The number of nitrogens with zero attached hydrogens (tertiary/aromatic N) is 3. The number of aromatic nitrogens is 2. The first-order chi connectivity index (χ1) is 18.6. The van der Waals surface area contributed by atoms with Crippen molar-refractivity contribution in [3.05, 3.63) is 105 Å². The molecule has 0 saturated heterocycles. The Morgan fingerprint density at radius 2 is 1.77 bits per heavy atom. The van der Waals surface area contributed by atoms with Gasteiger partial charge in [0.2, 0.25) is 5.89 Å². The monoisotopic (exact) mass is 559 g/mol. The van der Waals surface area contributed by atoms with Crippen molar-refractivity contribution in [2.75, 3.05) is 13.1 Å². The zero-order valence-corrected chi connectivity index (χ0v) is 21.9. The van der Waals surface area contributed by atoms with Crippen molar-refractivity contribution < 1.29 is 27.1 Å². The third-order valence-corrected chi connectivity index (χ3v) is 6.31. The van der Waals surface area contributed by atoms with Gasteiger partial charge >= 0.3 is 17.9 Å². The maximum absolute atomic E-state index is 13.0. The summed E-state index contributed by atoms with van der Waals surface area (Å²) in [6, 6.07) is 15.8. The second-order valence-corrected chi connectivity index (χ2v) is 9.15. The van der Waals surface area contributed by atoms with Crippen LogP contribution in [0.2, 0.25) is 5.02 Å². The van der Waals surface area contributed by atoms with Gasteiger partial charge in [0.05, 0.1) is 17.7 Å². The van der Waals surface area contributed by atoms with Crippen LogP contribution in [0.4, 0.5) is 13.2 Å². The van der Waals surface area contributed by atoms with Crippen LogP contribution in [0.25, 0.3) is 11.5 Å². The predicted molar refractivity (Wildman–Crippen MR) is 140 cm³/mol. The van der Waals surface area contributed by atoms with E-state index in [1.165, 1.54) is 24.3 Å². The fraction of sp³-hybridized carbons (Fsp3) is 0.250. The van der Waals surface area contributed by atoms with Gasteiger partial charge in [0.15, 0.2) is 0 Å². The number of hydrogen-bond donors (Lipinski definition) is 0. The highest BCUT2D eigenvalue weighted by molar-refractivity contribution is 6.30. The molecule has 0 aliphatic rings. The van der Waals surface area contributed by atoms with E-state index in [1.54, 1.807) is 24.3 Å². The summed E-state index contributed by atoms with van der Waals surface area (Å²) in [5.41, 5.74) is 1.07. The average Bonchev–Trinajstić information content (AvgIpc) is 3.28. The van der Waals surface area contributed by atoms with E-state index >= 15 is 0 Å². The molecule has 0 amide bonds. The summed E-state index contributed by atoms with van der Waals surface area (Å²) in [5.74, 6) is -1.41. The zero-order valence-electron chi connectivity index (χ0n) is 21.2. The number of carbonyl (C=O) groups is 1. The van der Waals surface area contributed by atoms with E-state index in [4.69, 9.17) is 20.8 Å². The second-order valence-electron chi connectivity index (χ2n) is 8.71. The van der Waals surface area contributed by atoms with Gasteiger partial charge in [-0.3, -0.25) is 4.90 Å². The number of halogens is 4. The first-order valence-corrected chi connectivity index (χ1v) is 12.5. The minimum atomic E-state index is -4.49. The van der Waals surface area contributed by atoms with Crippen molar-refractivity contribution in [1.82, 2.24) is 14.7 Å². The van der Waals surface area contributed by atoms with E-state index < -0.39 is 23.5 Å². The maximum atomic E-state index is 13.0. The van der Waals surface area contributed by atoms with Crippen LogP contribution >= 0.6 is 11.6 Å². The van der Waals surface area contributed by atoms with Crippen LogP contribution in [0.3, 0.4) is 0 Å². The van der Waals surface area contributed by atoms with Gasteiger partial charge in [-0.2, -0.15) is 17.9 Å². The minimum absolute atomic E-state index is 0.153. The highest BCUT2D eigenvalue weighted by atomic mass is 35.5. The molecule has 39 heavy (non-hydrogen) atoms. The number of carbonyl (C=O) groups excluding carboxylic acids is 1. The summed E-state index contributed by atoms with van der Waals surface area (Å²) >= 11 is 6.16. The Morgan fingerprint density at radius 3 is 2.44 bits per heavy atom. The van der Waals surface area contributed by atoms with E-state index in [-0.39, 0.29) is 23.7 Å². The highest BCUT2D eigenvalue weighted by Gasteiger charge is 2.30. The number of hydrogen-bond acceptors (Lipinski definition) is 6. The number of alkyl halides is 3. The second kappa shape index (κ2) is 11.9. The van der Waals surface area contributed by atoms with Crippen molar-refractivity contribution in [2.24, 2.45) is 0 Å². The Morgan fingerprint density at radius 1 is 1.05 bits per heavy atom. The molecule has 4 aromatic rings. The lowest BCUT2D eigenvalue weighted by Crippen LogP contribution is -2.22. The predicted octanol–water partition coefficient (Wildman–Crippen LogP) is 6.28. The highest BCUT2D eigenvalue weighted by Crippen LogP contribution is 2.30. The van der Waals surface area contributed by atoms with Crippen molar-refractivity contribution in [2.45, 2.75) is 33.1 Å². The van der Waals surface area contributed by atoms with Crippen LogP contribution in [-0.4, -0.2) is 33.7 Å². The van der Waals surface area contributed by atoms with Crippen LogP contribution in [-0.2, 0) is 19.3 Å². The number of rotatable bonds is 9. The molecule has 1 aromatic heterocycles. The minimum Gasteiger partial charge on any atom is -0.423 e. The molecule has 204 valence electrons. The molecule has 0 aliphatic heterocycles. The van der Waals surface area contributed by atoms with E-state index in [0.717, 1.165) is 35.5 Å². The topological polar surface area (TPSA) is 77.6 Å². The number of esters is 1. The van der Waals surface area contributed by atoms with E-state index in [0.29, 0.717) is 22.7 Å². The molecule has 0 saturated carbocycles. The molecule has 7 nitrogen and oxygen atoms in total. The van der Waals surface area contributed by atoms with Crippen molar-refractivity contribution in [1.29, 1.82) is 0 Å². The molecule has 11 heteroatoms. The Kier molecular flexibility index (Phi) is 8.57. The standard InChI is InChI=1S/C28H25ClF3N3O4/c1-3-34(4-2)16-18-6-5-7-20(14-18)26(36)38-24-13-12-23(29)15-21(24)17-35-27(37)39-25(33-35)19-8-10-22(11-9-19)28(30,31)32/h5-15H,3-4,16-17H2,1-2H3. The van der Waals surface area contributed by atoms with Gasteiger partial charge in [0, 0.05) is 22.7 Å². The van der Waals surface area contributed by atoms with E-state index in [2.05, 4.69) is 23.8 Å². The van der Waals surface area contributed by atoms with Gasteiger partial charge in [0.25, 0.3) is 0 Å². The largest absolute Gasteiger partial charge is 0.437 e. The van der Waals surface area contributed by atoms with Crippen molar-refractivity contribution in [3.63, 3.8) is 0 Å². The molecule has 0 bridgehead atoms. The van der Waals surface area contributed by atoms with Crippen LogP contribution in [0, 0.1) is 0 Å². The van der Waals surface area contributed by atoms with Gasteiger partial charge in [0.1, 0.15) is 5.75 Å². The molecule has 0 aliphatic carbocycles. The Hall–Kier alpha value is -3.89. The number of benzene rings is 3. The lowest BCUT2D eigenvalue weighted by atomic mass is 10.1. The first-order valence-electron chi connectivity index (χ1n) is 12.1. The van der Waals surface area contributed by atoms with E-state index in [1.807, 2.05) is 6.07 Å². The van der Waals surface area contributed by atoms with Crippen LogP contribution in [0.5, 0.6) is 5.75 Å². The molecular weight excluding hydrogens is 535 g/mol. The Labute approximate surface area is 227 Å². The summed E-state index contributed by atoms with van der Waals surface area (Å²) in [6.45, 7) is 6.42. The summed E-state index contributed by atoms with van der Waals surface area (Å²) in [4.78, 5) is 27.7. The van der Waals surface area contributed by atoms with E-state index in [9.17, 15) is 22.8 Å². The maximum Gasteiger partial charge on any atom is 0.437 e. The summed E-state index contributed by atoms with van der Waals surface area (Å²) in [7, 11) is 0. The quantitative estimate of drug-likeness (QED) is 0.177. The first kappa shape index (κ1) is 28.1. The van der Waals surface area contributed by atoms with Gasteiger partial charge in [-0.1, -0.05) is 37.6 Å². The van der Waals surface area contributed by atoms with Gasteiger partial charge in [-0.05, 0) is 73.3 Å². The molecule has 0 radical (unpaired) electrons. The normalized spacial score (nSPS) is 11.7. The van der Waals surface area contributed by atoms with Crippen LogP contribution in [0.15, 0.2) is 75.9 Å². The third kappa shape index (κ3) is 6.96. The molecule has 0 spiro atoms. The Balaban J connectivity index is 1.55. The van der Waals surface area contributed by atoms with Crippen molar-refractivity contribution >= 4 is 17.6 Å². The molecular formula is C28H25ClF3N3O4. The van der Waals surface area contributed by atoms with Gasteiger partial charge < -0.3 is 9.15 Å². The van der Waals surface area contributed by atoms with Crippen LogP contribution < -0.4 is 10.5 Å².